The van der Waals surface area contributed by atoms with Crippen molar-refractivity contribution in [3.63, 3.8) is 0 Å². The molecule has 2 rings (SSSR count). The summed E-state index contributed by atoms with van der Waals surface area (Å²) in [5.74, 6) is -0.129. The van der Waals surface area contributed by atoms with Gasteiger partial charge in [-0.1, -0.05) is 15.9 Å². The SMILES string of the molecule is N#[N+]c1c(O)[nH]c2ccc(Br)cc12. The van der Waals surface area contributed by atoms with Crippen LogP contribution < -0.4 is 0 Å². The summed E-state index contributed by atoms with van der Waals surface area (Å²) in [4.78, 5) is 5.68. The summed E-state index contributed by atoms with van der Waals surface area (Å²) in [7, 11) is 0. The molecule has 0 amide bonds. The van der Waals surface area contributed by atoms with E-state index in [4.69, 9.17) is 5.39 Å². The Bertz CT molecular complexity index is 512. The fraction of sp³-hybridized carbons (Fsp3) is 0. The predicted molar refractivity (Wildman–Crippen MR) is 52.4 cm³/mol. The van der Waals surface area contributed by atoms with E-state index >= 15 is 0 Å². The van der Waals surface area contributed by atoms with E-state index in [0.29, 0.717) is 5.39 Å². The number of benzene rings is 1. The number of rotatable bonds is 0. The third-order valence-corrected chi connectivity index (χ3v) is 2.31. The monoisotopic (exact) mass is 238 g/mol. The smallest absolute Gasteiger partial charge is 0.453 e. The van der Waals surface area contributed by atoms with E-state index in [1.807, 2.05) is 6.07 Å². The summed E-state index contributed by atoms with van der Waals surface area (Å²) >= 11 is 3.29. The van der Waals surface area contributed by atoms with Crippen molar-refractivity contribution in [1.29, 1.82) is 5.39 Å². The van der Waals surface area contributed by atoms with Gasteiger partial charge in [0.2, 0.25) is 5.39 Å². The first-order valence-electron chi connectivity index (χ1n) is 3.57. The zero-order valence-corrected chi connectivity index (χ0v) is 8.04. The quantitative estimate of drug-likeness (QED) is 0.693. The molecule has 0 radical (unpaired) electrons. The Morgan fingerprint density at radius 1 is 1.46 bits per heavy atom. The molecule has 0 unspecified atom stereocenters. The molecule has 2 N–H and O–H groups in total. The minimum Gasteiger partial charge on any atom is -0.489 e. The molecule has 0 saturated carbocycles. The molecule has 0 fully saturated rings. The molecule has 1 aromatic heterocycles. The molecule has 0 saturated heterocycles. The number of nitrogens with one attached hydrogen (secondary N) is 1. The number of aromatic hydroxyl groups is 1. The lowest BCUT2D eigenvalue weighted by atomic mass is 10.2. The van der Waals surface area contributed by atoms with Gasteiger partial charge < -0.3 is 10.1 Å². The molecule has 0 bridgehead atoms. The molecule has 0 aliphatic rings. The van der Waals surface area contributed by atoms with E-state index in [-0.39, 0.29) is 11.6 Å². The van der Waals surface area contributed by atoms with Crippen molar-refractivity contribution in [3.05, 3.63) is 27.6 Å². The summed E-state index contributed by atoms with van der Waals surface area (Å²) < 4.78 is 0.865. The minimum absolute atomic E-state index is 0.129. The molecule has 0 aliphatic carbocycles. The van der Waals surface area contributed by atoms with Crippen molar-refractivity contribution < 1.29 is 5.11 Å². The lowest BCUT2D eigenvalue weighted by Gasteiger charge is -1.87. The summed E-state index contributed by atoms with van der Waals surface area (Å²) in [6.07, 6.45) is 0. The molecular formula is C8H5BrN3O+. The fourth-order valence-electron chi connectivity index (χ4n) is 1.24. The van der Waals surface area contributed by atoms with E-state index in [1.165, 1.54) is 0 Å². The predicted octanol–water partition coefficient (Wildman–Crippen LogP) is 3.12. The Labute approximate surface area is 81.9 Å². The van der Waals surface area contributed by atoms with Gasteiger partial charge in [-0.3, -0.25) is 0 Å². The lowest BCUT2D eigenvalue weighted by molar-refractivity contribution is 0.461. The van der Waals surface area contributed by atoms with Gasteiger partial charge in [-0.15, -0.1) is 0 Å². The number of nitrogens with zero attached hydrogens (tertiary/aromatic N) is 2. The number of hydrogen-bond acceptors (Lipinski definition) is 2. The molecule has 1 heterocycles. The Kier molecular flexibility index (Phi) is 1.71. The molecule has 1 aromatic carbocycles. The van der Waals surface area contributed by atoms with Crippen LogP contribution in [0.15, 0.2) is 22.7 Å². The summed E-state index contributed by atoms with van der Waals surface area (Å²) in [6.45, 7) is 0. The van der Waals surface area contributed by atoms with Gasteiger partial charge in [-0.2, -0.15) is 0 Å². The first kappa shape index (κ1) is 8.08. The van der Waals surface area contributed by atoms with Crippen LogP contribution in [0.5, 0.6) is 5.88 Å². The lowest BCUT2D eigenvalue weighted by Crippen LogP contribution is -1.66. The number of diazo groups is 1. The molecular weight excluding hydrogens is 234 g/mol. The van der Waals surface area contributed by atoms with Crippen LogP contribution in [-0.2, 0) is 0 Å². The normalized spacial score (nSPS) is 10.2. The van der Waals surface area contributed by atoms with Crippen molar-refractivity contribution in [3.8, 4) is 5.88 Å². The van der Waals surface area contributed by atoms with Crippen LogP contribution in [0.4, 0.5) is 5.69 Å². The number of hydrogen-bond donors (Lipinski definition) is 2. The Morgan fingerprint density at radius 3 is 2.92 bits per heavy atom. The first-order valence-corrected chi connectivity index (χ1v) is 4.37. The van der Waals surface area contributed by atoms with Gasteiger partial charge in [-0.05, 0) is 18.2 Å². The number of aromatic amines is 1. The van der Waals surface area contributed by atoms with Gasteiger partial charge in [-0.25, -0.2) is 0 Å². The van der Waals surface area contributed by atoms with Crippen molar-refractivity contribution in [2.75, 3.05) is 0 Å². The Balaban J connectivity index is 2.91. The molecule has 0 atom stereocenters. The van der Waals surface area contributed by atoms with Gasteiger partial charge in [0.05, 0.1) is 5.52 Å². The molecule has 64 valence electrons. The van der Waals surface area contributed by atoms with Gasteiger partial charge in [0.25, 0.3) is 5.88 Å². The van der Waals surface area contributed by atoms with Gasteiger partial charge in [0.15, 0.2) is 4.98 Å². The van der Waals surface area contributed by atoms with E-state index in [9.17, 15) is 5.11 Å². The molecule has 5 heteroatoms. The van der Waals surface area contributed by atoms with E-state index in [2.05, 4.69) is 25.9 Å². The highest BCUT2D eigenvalue weighted by atomic mass is 79.9. The third-order valence-electron chi connectivity index (χ3n) is 1.81. The van der Waals surface area contributed by atoms with Crippen molar-refractivity contribution in [2.24, 2.45) is 0 Å². The van der Waals surface area contributed by atoms with Crippen molar-refractivity contribution >= 4 is 32.5 Å². The maximum Gasteiger partial charge on any atom is 0.453 e. The minimum atomic E-state index is -0.129. The zero-order valence-electron chi connectivity index (χ0n) is 6.45. The second-order valence-corrected chi connectivity index (χ2v) is 3.53. The average molecular weight is 239 g/mol. The van der Waals surface area contributed by atoms with Crippen molar-refractivity contribution in [2.45, 2.75) is 0 Å². The standard InChI is InChI=1S/C8H4BrN3O/c9-4-1-2-6-5(3-4)7(12-10)8(13)11-6/h1-3,10H/p+1. The van der Waals surface area contributed by atoms with E-state index < -0.39 is 0 Å². The number of H-pyrrole nitrogens is 1. The number of aromatic nitrogens is 1. The van der Waals surface area contributed by atoms with Crippen LogP contribution >= 0.6 is 15.9 Å². The van der Waals surface area contributed by atoms with Gasteiger partial charge in [0, 0.05) is 4.47 Å². The fourth-order valence-corrected chi connectivity index (χ4v) is 1.60. The summed E-state index contributed by atoms with van der Waals surface area (Å²) in [5.41, 5.74) is 0.893. The third kappa shape index (κ3) is 1.15. The van der Waals surface area contributed by atoms with Crippen LogP contribution in [-0.4, -0.2) is 10.1 Å². The average Bonchev–Trinajstić information content (AvgIpc) is 2.40. The number of halogens is 1. The Hall–Kier alpha value is -1.54. The highest BCUT2D eigenvalue weighted by Crippen LogP contribution is 2.36. The largest absolute Gasteiger partial charge is 0.489 e. The van der Waals surface area contributed by atoms with Gasteiger partial charge >= 0.3 is 5.69 Å². The zero-order chi connectivity index (χ0) is 9.42. The van der Waals surface area contributed by atoms with Crippen LogP contribution in [0.25, 0.3) is 15.9 Å². The molecule has 13 heavy (non-hydrogen) atoms. The highest BCUT2D eigenvalue weighted by Gasteiger charge is 2.21. The van der Waals surface area contributed by atoms with Crippen LogP contribution in [0, 0.1) is 5.39 Å². The van der Waals surface area contributed by atoms with E-state index in [0.717, 1.165) is 9.99 Å². The second kappa shape index (κ2) is 2.75. The maximum absolute atomic E-state index is 9.30. The maximum atomic E-state index is 9.30. The first-order chi connectivity index (χ1) is 6.22. The van der Waals surface area contributed by atoms with E-state index in [1.54, 1.807) is 12.1 Å². The second-order valence-electron chi connectivity index (χ2n) is 2.61. The van der Waals surface area contributed by atoms with Crippen molar-refractivity contribution in [1.82, 2.24) is 4.98 Å². The summed E-state index contributed by atoms with van der Waals surface area (Å²) in [6, 6.07) is 5.38. The molecule has 0 spiro atoms. The highest BCUT2D eigenvalue weighted by molar-refractivity contribution is 9.10. The molecule has 4 nitrogen and oxygen atoms in total. The van der Waals surface area contributed by atoms with Crippen LogP contribution in [0.2, 0.25) is 0 Å². The number of fused-ring (bicyclic) bond motifs is 1. The van der Waals surface area contributed by atoms with Gasteiger partial charge in [0.1, 0.15) is 5.39 Å². The summed E-state index contributed by atoms with van der Waals surface area (Å²) in [5, 5.41) is 18.6. The van der Waals surface area contributed by atoms with Crippen LogP contribution in [0.3, 0.4) is 0 Å². The molecule has 0 aliphatic heterocycles. The molecule has 2 aromatic rings. The Morgan fingerprint density at radius 2 is 2.23 bits per heavy atom. The topological polar surface area (TPSA) is 64.2 Å². The van der Waals surface area contributed by atoms with Crippen LogP contribution in [0.1, 0.15) is 0 Å².